The summed E-state index contributed by atoms with van der Waals surface area (Å²) in [7, 11) is 0. The molecule has 1 aromatic carbocycles. The van der Waals surface area contributed by atoms with Crippen LogP contribution in [0.1, 0.15) is 59.8 Å². The maximum Gasteiger partial charge on any atom is 0.276 e. The standard InChI is InChI=1S/C22H27N3O2/c26-22(19-13-21(27-23-19)17-8-9-17)25-12-10-20-18(15-25)7-4-11-24(20)14-16-5-2-1-3-6-16/h1-3,5-6,13,17-18,20H,4,7-12,14-15H2/t18-,20-/m1/s1. The Morgan fingerprint density at radius 2 is 1.96 bits per heavy atom. The van der Waals surface area contributed by atoms with E-state index in [1.807, 2.05) is 11.0 Å². The van der Waals surface area contributed by atoms with Gasteiger partial charge in [-0.3, -0.25) is 9.69 Å². The summed E-state index contributed by atoms with van der Waals surface area (Å²) in [5.41, 5.74) is 1.87. The van der Waals surface area contributed by atoms with E-state index >= 15 is 0 Å². The van der Waals surface area contributed by atoms with E-state index in [4.69, 9.17) is 4.52 Å². The van der Waals surface area contributed by atoms with Gasteiger partial charge in [-0.25, -0.2) is 0 Å². The molecular formula is C22H27N3O2. The van der Waals surface area contributed by atoms with Crippen molar-refractivity contribution in [3.63, 3.8) is 0 Å². The lowest BCUT2D eigenvalue weighted by Crippen LogP contribution is -2.54. The molecule has 0 spiro atoms. The van der Waals surface area contributed by atoms with E-state index in [-0.39, 0.29) is 5.91 Å². The zero-order valence-electron chi connectivity index (χ0n) is 15.7. The molecule has 3 aliphatic rings. The molecule has 142 valence electrons. The van der Waals surface area contributed by atoms with E-state index in [1.165, 1.54) is 18.4 Å². The SMILES string of the molecule is O=C(c1cc(C2CC2)on1)N1CC[C@@H]2[C@H](CCCN2Cc2ccccc2)C1. The van der Waals surface area contributed by atoms with Crippen LogP contribution < -0.4 is 0 Å². The first-order valence-corrected chi connectivity index (χ1v) is 10.3. The highest BCUT2D eigenvalue weighted by Crippen LogP contribution is 2.40. The third-order valence-electron chi connectivity index (χ3n) is 6.43. The van der Waals surface area contributed by atoms with Crippen molar-refractivity contribution in [1.82, 2.24) is 15.0 Å². The predicted octanol–water partition coefficient (Wildman–Crippen LogP) is 3.68. The number of nitrogens with zero attached hydrogens (tertiary/aromatic N) is 3. The zero-order chi connectivity index (χ0) is 18.2. The van der Waals surface area contributed by atoms with Gasteiger partial charge in [0.2, 0.25) is 0 Å². The molecule has 0 unspecified atom stereocenters. The Labute approximate surface area is 160 Å². The molecule has 0 N–H and O–H groups in total. The summed E-state index contributed by atoms with van der Waals surface area (Å²) in [6, 6.07) is 13.2. The maximum atomic E-state index is 12.9. The molecule has 5 heteroatoms. The molecule has 5 nitrogen and oxygen atoms in total. The molecule has 0 bridgehead atoms. The summed E-state index contributed by atoms with van der Waals surface area (Å²) in [5.74, 6) is 1.99. The number of hydrogen-bond acceptors (Lipinski definition) is 4. The Balaban J connectivity index is 1.24. The molecule has 3 fully saturated rings. The molecule has 1 aliphatic carbocycles. The Morgan fingerprint density at radius 1 is 1.11 bits per heavy atom. The minimum absolute atomic E-state index is 0.0456. The fourth-order valence-electron chi connectivity index (χ4n) is 4.82. The summed E-state index contributed by atoms with van der Waals surface area (Å²) >= 11 is 0. The van der Waals surface area contributed by atoms with Gasteiger partial charge in [0, 0.05) is 37.7 Å². The van der Waals surface area contributed by atoms with Crippen molar-refractivity contribution in [3.05, 3.63) is 53.4 Å². The lowest BCUT2D eigenvalue weighted by atomic mass is 9.83. The van der Waals surface area contributed by atoms with Crippen molar-refractivity contribution in [1.29, 1.82) is 0 Å². The van der Waals surface area contributed by atoms with Gasteiger partial charge in [0.25, 0.3) is 5.91 Å². The topological polar surface area (TPSA) is 49.6 Å². The number of likely N-dealkylation sites (tertiary alicyclic amines) is 2. The van der Waals surface area contributed by atoms with E-state index < -0.39 is 0 Å². The first-order valence-electron chi connectivity index (χ1n) is 10.3. The molecule has 2 atom stereocenters. The average Bonchev–Trinajstić information content (AvgIpc) is 3.45. The van der Waals surface area contributed by atoms with Crippen LogP contribution in [0.5, 0.6) is 0 Å². The van der Waals surface area contributed by atoms with Crippen molar-refractivity contribution in [2.24, 2.45) is 5.92 Å². The minimum Gasteiger partial charge on any atom is -0.360 e. The van der Waals surface area contributed by atoms with Crippen molar-refractivity contribution in [3.8, 4) is 0 Å². The van der Waals surface area contributed by atoms with E-state index in [1.54, 1.807) is 0 Å². The van der Waals surface area contributed by atoms with Crippen LogP contribution in [-0.4, -0.2) is 46.5 Å². The second kappa shape index (κ2) is 7.12. The number of hydrogen-bond donors (Lipinski definition) is 0. The van der Waals surface area contributed by atoms with Gasteiger partial charge in [-0.15, -0.1) is 0 Å². The number of aromatic nitrogens is 1. The zero-order valence-corrected chi connectivity index (χ0v) is 15.7. The first kappa shape index (κ1) is 17.0. The maximum absolute atomic E-state index is 12.9. The molecule has 5 rings (SSSR count). The predicted molar refractivity (Wildman–Crippen MR) is 102 cm³/mol. The van der Waals surface area contributed by atoms with Crippen LogP contribution in [-0.2, 0) is 6.54 Å². The van der Waals surface area contributed by atoms with Gasteiger partial charge in [-0.05, 0) is 50.1 Å². The number of fused-ring (bicyclic) bond motifs is 1. The Morgan fingerprint density at radius 3 is 2.78 bits per heavy atom. The minimum atomic E-state index is 0.0456. The van der Waals surface area contributed by atoms with Crippen molar-refractivity contribution in [2.45, 2.75) is 50.6 Å². The Hall–Kier alpha value is -2.14. The van der Waals surface area contributed by atoms with Gasteiger partial charge in [0.15, 0.2) is 5.69 Å². The molecule has 2 aromatic rings. The summed E-state index contributed by atoms with van der Waals surface area (Å²) in [6.07, 6.45) is 5.80. The molecule has 27 heavy (non-hydrogen) atoms. The van der Waals surface area contributed by atoms with Crippen LogP contribution in [0.4, 0.5) is 0 Å². The summed E-state index contributed by atoms with van der Waals surface area (Å²) in [5, 5.41) is 4.05. The van der Waals surface area contributed by atoms with Gasteiger partial charge < -0.3 is 9.42 Å². The smallest absolute Gasteiger partial charge is 0.276 e. The molecule has 1 amide bonds. The second-order valence-corrected chi connectivity index (χ2v) is 8.35. The third-order valence-corrected chi connectivity index (χ3v) is 6.43. The number of carbonyl (C=O) groups is 1. The Kier molecular flexibility index (Phi) is 4.48. The van der Waals surface area contributed by atoms with Crippen LogP contribution in [0.3, 0.4) is 0 Å². The highest BCUT2D eigenvalue weighted by molar-refractivity contribution is 5.92. The van der Waals surface area contributed by atoms with Gasteiger partial charge in [0.05, 0.1) is 0 Å². The van der Waals surface area contributed by atoms with Crippen LogP contribution in [0, 0.1) is 5.92 Å². The number of rotatable bonds is 4. The molecule has 1 aromatic heterocycles. The molecule has 2 aliphatic heterocycles. The van der Waals surface area contributed by atoms with Crippen molar-refractivity contribution in [2.75, 3.05) is 19.6 Å². The fraction of sp³-hybridized carbons (Fsp3) is 0.545. The lowest BCUT2D eigenvalue weighted by molar-refractivity contribution is 0.0170. The highest BCUT2D eigenvalue weighted by Gasteiger charge is 2.38. The number of amides is 1. The third kappa shape index (κ3) is 3.53. The van der Waals surface area contributed by atoms with Crippen LogP contribution in [0.25, 0.3) is 0 Å². The summed E-state index contributed by atoms with van der Waals surface area (Å²) in [6.45, 7) is 3.85. The van der Waals surface area contributed by atoms with E-state index in [2.05, 4.69) is 40.4 Å². The van der Waals surface area contributed by atoms with Crippen LogP contribution in [0.2, 0.25) is 0 Å². The fourth-order valence-corrected chi connectivity index (χ4v) is 4.82. The van der Waals surface area contributed by atoms with E-state index in [0.29, 0.717) is 23.6 Å². The molecule has 1 saturated carbocycles. The second-order valence-electron chi connectivity index (χ2n) is 8.35. The largest absolute Gasteiger partial charge is 0.360 e. The number of carbonyl (C=O) groups excluding carboxylic acids is 1. The van der Waals surface area contributed by atoms with E-state index in [9.17, 15) is 4.79 Å². The van der Waals surface area contributed by atoms with Crippen LogP contribution in [0.15, 0.2) is 40.9 Å². The van der Waals surface area contributed by atoms with Crippen LogP contribution >= 0.6 is 0 Å². The van der Waals surface area contributed by atoms with Gasteiger partial charge in [-0.1, -0.05) is 35.5 Å². The van der Waals surface area contributed by atoms with E-state index in [0.717, 1.165) is 51.2 Å². The molecular weight excluding hydrogens is 338 g/mol. The number of piperidine rings is 2. The van der Waals surface area contributed by atoms with Crippen molar-refractivity contribution >= 4 is 5.91 Å². The van der Waals surface area contributed by atoms with Gasteiger partial charge in [0.1, 0.15) is 5.76 Å². The normalized spacial score (nSPS) is 26.0. The molecule has 0 radical (unpaired) electrons. The Bertz CT molecular complexity index is 799. The lowest BCUT2D eigenvalue weighted by Gasteiger charge is -2.47. The monoisotopic (exact) mass is 365 g/mol. The first-order chi connectivity index (χ1) is 13.3. The molecule has 2 saturated heterocycles. The molecule has 3 heterocycles. The van der Waals surface area contributed by atoms with Gasteiger partial charge in [-0.2, -0.15) is 0 Å². The number of benzene rings is 1. The summed E-state index contributed by atoms with van der Waals surface area (Å²) < 4.78 is 5.38. The highest BCUT2D eigenvalue weighted by atomic mass is 16.5. The van der Waals surface area contributed by atoms with Crippen molar-refractivity contribution < 1.29 is 9.32 Å². The van der Waals surface area contributed by atoms with Gasteiger partial charge >= 0.3 is 0 Å². The average molecular weight is 365 g/mol. The summed E-state index contributed by atoms with van der Waals surface area (Å²) in [4.78, 5) is 17.5. The quantitative estimate of drug-likeness (QED) is 0.829.